The highest BCUT2D eigenvalue weighted by Gasteiger charge is 2.15. The quantitative estimate of drug-likeness (QED) is 0.521. The van der Waals surface area contributed by atoms with Gasteiger partial charge in [0.1, 0.15) is 0 Å². The number of hydrogen-bond acceptors (Lipinski definition) is 3. The minimum Gasteiger partial charge on any atom is -0.285 e. The molecule has 0 aliphatic carbocycles. The number of amides is 1. The molecule has 1 unspecified atom stereocenters. The van der Waals surface area contributed by atoms with Gasteiger partial charge in [0.15, 0.2) is 0 Å². The van der Waals surface area contributed by atoms with Gasteiger partial charge in [0.2, 0.25) is 5.91 Å². The number of hydrogen-bond donors (Lipinski definition) is 1. The van der Waals surface area contributed by atoms with Crippen LogP contribution in [0.1, 0.15) is 36.6 Å². The SMILES string of the molecule is CC(=O)N(O)C(C)c1ccc(C#Cc2ccsc2)cc1. The highest BCUT2D eigenvalue weighted by Crippen LogP contribution is 2.18. The van der Waals surface area contributed by atoms with Gasteiger partial charge in [-0.1, -0.05) is 24.0 Å². The topological polar surface area (TPSA) is 40.5 Å². The summed E-state index contributed by atoms with van der Waals surface area (Å²) in [4.78, 5) is 11.1. The van der Waals surface area contributed by atoms with Crippen molar-refractivity contribution in [1.82, 2.24) is 5.06 Å². The summed E-state index contributed by atoms with van der Waals surface area (Å²) in [6, 6.07) is 9.12. The van der Waals surface area contributed by atoms with Crippen molar-refractivity contribution in [3.05, 3.63) is 57.8 Å². The molecule has 1 aromatic heterocycles. The van der Waals surface area contributed by atoms with E-state index < -0.39 is 0 Å². The summed E-state index contributed by atoms with van der Waals surface area (Å²) in [6.45, 7) is 3.10. The lowest BCUT2D eigenvalue weighted by atomic mass is 10.1. The molecule has 20 heavy (non-hydrogen) atoms. The Labute approximate surface area is 122 Å². The van der Waals surface area contributed by atoms with Gasteiger partial charge in [-0.05, 0) is 36.1 Å². The van der Waals surface area contributed by atoms with Crippen molar-refractivity contribution < 1.29 is 10.0 Å². The maximum atomic E-state index is 11.1. The summed E-state index contributed by atoms with van der Waals surface area (Å²) in [5.74, 6) is 5.78. The molecule has 0 saturated carbocycles. The molecule has 1 heterocycles. The van der Waals surface area contributed by atoms with Gasteiger partial charge >= 0.3 is 0 Å². The van der Waals surface area contributed by atoms with E-state index in [9.17, 15) is 10.0 Å². The first-order valence-electron chi connectivity index (χ1n) is 6.21. The fourth-order valence-electron chi connectivity index (χ4n) is 1.74. The number of carbonyl (C=O) groups excluding carboxylic acids is 1. The van der Waals surface area contributed by atoms with Gasteiger partial charge in [-0.3, -0.25) is 10.0 Å². The molecule has 4 heteroatoms. The second-order valence-electron chi connectivity index (χ2n) is 4.42. The molecular weight excluding hydrogens is 270 g/mol. The van der Waals surface area contributed by atoms with Crippen LogP contribution < -0.4 is 0 Å². The third-order valence-electron chi connectivity index (χ3n) is 2.95. The van der Waals surface area contributed by atoms with E-state index in [2.05, 4.69) is 11.8 Å². The number of nitrogens with zero attached hydrogens (tertiary/aromatic N) is 1. The molecule has 1 N–H and O–H groups in total. The Morgan fingerprint density at radius 2 is 1.85 bits per heavy atom. The molecule has 0 aliphatic heterocycles. The minimum absolute atomic E-state index is 0.369. The Hall–Kier alpha value is -2.09. The molecule has 0 saturated heterocycles. The Morgan fingerprint density at radius 3 is 2.40 bits per heavy atom. The zero-order valence-electron chi connectivity index (χ0n) is 11.3. The second-order valence-corrected chi connectivity index (χ2v) is 5.20. The summed E-state index contributed by atoms with van der Waals surface area (Å²) < 4.78 is 0. The fourth-order valence-corrected chi connectivity index (χ4v) is 2.33. The Balaban J connectivity index is 2.12. The van der Waals surface area contributed by atoms with E-state index in [1.165, 1.54) is 6.92 Å². The van der Waals surface area contributed by atoms with Gasteiger partial charge in [-0.15, -0.1) is 0 Å². The molecular formula is C16H15NO2S. The molecule has 0 bridgehead atoms. The van der Waals surface area contributed by atoms with Crippen LogP contribution in [0.2, 0.25) is 0 Å². The largest absolute Gasteiger partial charge is 0.285 e. The highest BCUT2D eigenvalue weighted by atomic mass is 32.1. The molecule has 0 fully saturated rings. The van der Waals surface area contributed by atoms with Crippen molar-refractivity contribution in [2.45, 2.75) is 19.9 Å². The standard InChI is InChI=1S/C16H15NO2S/c1-12(17(19)13(2)18)16-7-5-14(6-8-16)3-4-15-9-10-20-11-15/h5-12,19H,1-2H3. The van der Waals surface area contributed by atoms with Crippen LogP contribution in [0.25, 0.3) is 0 Å². The number of carbonyl (C=O) groups is 1. The summed E-state index contributed by atoms with van der Waals surface area (Å²) >= 11 is 1.62. The van der Waals surface area contributed by atoms with Gasteiger partial charge in [0.05, 0.1) is 6.04 Å². The lowest BCUT2D eigenvalue weighted by molar-refractivity contribution is -0.172. The first-order chi connectivity index (χ1) is 9.58. The fraction of sp³-hybridized carbons (Fsp3) is 0.188. The lowest BCUT2D eigenvalue weighted by Crippen LogP contribution is -2.27. The molecule has 3 nitrogen and oxygen atoms in total. The molecule has 0 spiro atoms. The van der Waals surface area contributed by atoms with E-state index >= 15 is 0 Å². The highest BCUT2D eigenvalue weighted by molar-refractivity contribution is 7.08. The van der Waals surface area contributed by atoms with Crippen molar-refractivity contribution in [3.8, 4) is 11.8 Å². The van der Waals surface area contributed by atoms with Crippen LogP contribution in [0.5, 0.6) is 0 Å². The van der Waals surface area contributed by atoms with Crippen molar-refractivity contribution in [3.63, 3.8) is 0 Å². The molecule has 1 atom stereocenters. The van der Waals surface area contributed by atoms with E-state index in [1.54, 1.807) is 18.3 Å². The number of hydroxylamine groups is 2. The van der Waals surface area contributed by atoms with E-state index in [-0.39, 0.29) is 11.9 Å². The van der Waals surface area contributed by atoms with E-state index in [1.807, 2.05) is 41.1 Å². The Kier molecular flexibility index (Phi) is 4.57. The van der Waals surface area contributed by atoms with Crippen molar-refractivity contribution >= 4 is 17.2 Å². The second kappa shape index (κ2) is 6.38. The predicted octanol–water partition coefficient (Wildman–Crippen LogP) is 3.45. The summed E-state index contributed by atoms with van der Waals surface area (Å²) in [5, 5.41) is 14.3. The maximum Gasteiger partial charge on any atom is 0.243 e. The molecule has 2 aromatic rings. The average Bonchev–Trinajstić information content (AvgIpc) is 2.97. The molecule has 2 rings (SSSR count). The van der Waals surface area contributed by atoms with Crippen LogP contribution in [0, 0.1) is 11.8 Å². The van der Waals surface area contributed by atoms with Gasteiger partial charge in [-0.25, -0.2) is 5.06 Å². The van der Waals surface area contributed by atoms with E-state index in [4.69, 9.17) is 0 Å². The molecule has 1 aromatic carbocycles. The third-order valence-corrected chi connectivity index (χ3v) is 3.64. The number of rotatable bonds is 2. The smallest absolute Gasteiger partial charge is 0.243 e. The molecule has 1 amide bonds. The van der Waals surface area contributed by atoms with Crippen LogP contribution in [0.15, 0.2) is 41.1 Å². The number of thiophene rings is 1. The first-order valence-corrected chi connectivity index (χ1v) is 7.15. The van der Waals surface area contributed by atoms with Gasteiger partial charge in [-0.2, -0.15) is 11.3 Å². The molecule has 0 aliphatic rings. The van der Waals surface area contributed by atoms with Gasteiger partial charge in [0.25, 0.3) is 0 Å². The van der Waals surface area contributed by atoms with Crippen molar-refractivity contribution in [2.75, 3.05) is 0 Å². The lowest BCUT2D eigenvalue weighted by Gasteiger charge is -2.21. The first kappa shape index (κ1) is 14.3. The Bertz CT molecular complexity index is 635. The Morgan fingerprint density at radius 1 is 1.20 bits per heavy atom. The van der Waals surface area contributed by atoms with Crippen molar-refractivity contribution in [1.29, 1.82) is 0 Å². The predicted molar refractivity (Wildman–Crippen MR) is 79.5 cm³/mol. The van der Waals surface area contributed by atoms with E-state index in [0.717, 1.165) is 21.8 Å². The maximum absolute atomic E-state index is 11.1. The summed E-state index contributed by atoms with van der Waals surface area (Å²) in [5.41, 5.74) is 2.77. The van der Waals surface area contributed by atoms with Crippen LogP contribution in [-0.4, -0.2) is 16.2 Å². The third kappa shape index (κ3) is 3.47. The van der Waals surface area contributed by atoms with Crippen LogP contribution >= 0.6 is 11.3 Å². The van der Waals surface area contributed by atoms with Crippen LogP contribution in [-0.2, 0) is 4.79 Å². The molecule has 0 radical (unpaired) electrons. The summed E-state index contributed by atoms with van der Waals surface area (Å²) in [7, 11) is 0. The zero-order chi connectivity index (χ0) is 14.5. The van der Waals surface area contributed by atoms with Gasteiger partial charge < -0.3 is 0 Å². The molecule has 102 valence electrons. The van der Waals surface area contributed by atoms with Crippen molar-refractivity contribution in [2.24, 2.45) is 0 Å². The minimum atomic E-state index is -0.376. The summed E-state index contributed by atoms with van der Waals surface area (Å²) in [6.07, 6.45) is 0. The van der Waals surface area contributed by atoms with Gasteiger partial charge in [0, 0.05) is 23.4 Å². The normalized spacial score (nSPS) is 11.3. The zero-order valence-corrected chi connectivity index (χ0v) is 12.1. The van der Waals surface area contributed by atoms with Crippen LogP contribution in [0.3, 0.4) is 0 Å². The van der Waals surface area contributed by atoms with E-state index in [0.29, 0.717) is 0 Å². The average molecular weight is 285 g/mol. The monoisotopic (exact) mass is 285 g/mol. The number of benzene rings is 1. The van der Waals surface area contributed by atoms with Crippen LogP contribution in [0.4, 0.5) is 0 Å².